The van der Waals surface area contributed by atoms with Crippen LogP contribution in [0, 0.1) is 17.8 Å². The lowest BCUT2D eigenvalue weighted by molar-refractivity contribution is -0.177. The van der Waals surface area contributed by atoms with Gasteiger partial charge in [0.05, 0.1) is 54.2 Å². The lowest BCUT2D eigenvalue weighted by Crippen LogP contribution is -2.54. The molecule has 0 aliphatic carbocycles. The average Bonchev–Trinajstić information content (AvgIpc) is 4.03. The number of nitrogens with one attached hydrogen (secondary N) is 1. The lowest BCUT2D eigenvalue weighted by atomic mass is 9.65. The van der Waals surface area contributed by atoms with Crippen molar-refractivity contribution >= 4 is 56.2 Å². The number of imide groups is 1. The molecule has 3 aliphatic heterocycles. The van der Waals surface area contributed by atoms with Crippen LogP contribution in [0.2, 0.25) is 0 Å². The maximum atomic E-state index is 16.6. The van der Waals surface area contributed by atoms with Crippen LogP contribution in [0.1, 0.15) is 51.6 Å². The summed E-state index contributed by atoms with van der Waals surface area (Å²) in [5.41, 5.74) is 1.77. The minimum atomic E-state index is -2.14. The molecule has 2 fully saturated rings. The molecule has 0 unspecified atom stereocenters. The zero-order chi connectivity index (χ0) is 48.4. The fourth-order valence-electron chi connectivity index (χ4n) is 10.1. The smallest absolute Gasteiger partial charge is 0.421 e. The number of rotatable bonds is 12. The highest BCUT2D eigenvalue weighted by molar-refractivity contribution is 7.22. The van der Waals surface area contributed by atoms with Crippen LogP contribution in [0.5, 0.6) is 11.5 Å². The number of esters is 1. The van der Waals surface area contributed by atoms with Crippen LogP contribution in [0.25, 0.3) is 10.2 Å². The van der Waals surface area contributed by atoms with Crippen molar-refractivity contribution in [3.8, 4) is 23.3 Å². The lowest BCUT2D eigenvalue weighted by Gasteiger charge is -2.46. The first kappa shape index (κ1) is 45.9. The summed E-state index contributed by atoms with van der Waals surface area (Å²) in [5.74, 6) is 3.42. The fourth-order valence-corrected chi connectivity index (χ4v) is 11.0. The van der Waals surface area contributed by atoms with Gasteiger partial charge in [-0.15, -0.1) is 0 Å². The number of hydrogen-bond donors (Lipinski definition) is 2. The van der Waals surface area contributed by atoms with E-state index in [1.807, 2.05) is 102 Å². The second kappa shape index (κ2) is 19.6. The Balaban J connectivity index is 1.28. The van der Waals surface area contributed by atoms with Crippen molar-refractivity contribution < 1.29 is 48.0 Å². The minimum Gasteiger partial charge on any atom is -0.497 e. The number of morpholine rings is 1. The summed E-state index contributed by atoms with van der Waals surface area (Å²) < 4.78 is 30.0. The third-order valence-electron chi connectivity index (χ3n) is 13.0. The number of hydrogen-bond acceptors (Lipinski definition) is 13. The molecule has 3 amide bonds. The van der Waals surface area contributed by atoms with Gasteiger partial charge in [-0.3, -0.25) is 19.3 Å². The molecule has 1 aromatic heterocycles. The Morgan fingerprint density at radius 1 is 0.786 bits per heavy atom. The summed E-state index contributed by atoms with van der Waals surface area (Å²) in [6, 6.07) is 41.8. The van der Waals surface area contributed by atoms with Crippen molar-refractivity contribution in [2.75, 3.05) is 50.9 Å². The molecule has 0 saturated carbocycles. The number of anilines is 2. The highest BCUT2D eigenvalue weighted by atomic mass is 32.1. The summed E-state index contributed by atoms with van der Waals surface area (Å²) >= 11 is 1.24. The van der Waals surface area contributed by atoms with Gasteiger partial charge in [0.1, 0.15) is 42.3 Å². The second-order valence-corrected chi connectivity index (χ2v) is 17.8. The number of cyclic esters (lactones) is 1. The largest absolute Gasteiger partial charge is 0.497 e. The Labute approximate surface area is 407 Å². The number of methoxy groups -OCH3 is 2. The van der Waals surface area contributed by atoms with E-state index >= 15 is 14.4 Å². The highest BCUT2D eigenvalue weighted by Crippen LogP contribution is 2.67. The molecular formula is C55H46N4O10S. The zero-order valence-corrected chi connectivity index (χ0v) is 38.8. The Hall–Kier alpha value is -7.87. The standard InChI is InChI=1S/C55H46N4O10S/c1-65-31-32-68-54(64)58-42-28-25-35(22-21-34-23-26-38(66-2)27-24-34)33-40(42)55(52(58)63)45(50(61)57-53-56-41-18-10-12-20-44(41)70-53)47-51(62)69-48(37-15-7-4-8-16-37)46(36-13-5-3-6-14-36)59(47)49(55)39-17-9-11-19-43(39)67-30-29-60/h3-20,23-28,33,45-49,60H,29-32H2,1-2H3,(H,56,57,61)/t45-,46-,47-,48+,49+,55-/m1/s1. The maximum absolute atomic E-state index is 16.6. The van der Waals surface area contributed by atoms with Crippen molar-refractivity contribution in [1.82, 2.24) is 9.88 Å². The van der Waals surface area contributed by atoms with Gasteiger partial charge in [0, 0.05) is 23.8 Å². The Morgan fingerprint density at radius 2 is 1.47 bits per heavy atom. The Morgan fingerprint density at radius 3 is 2.20 bits per heavy atom. The first-order chi connectivity index (χ1) is 34.3. The molecule has 1 spiro atoms. The van der Waals surface area contributed by atoms with Crippen molar-refractivity contribution in [3.63, 3.8) is 0 Å². The van der Waals surface area contributed by atoms with E-state index in [2.05, 4.69) is 17.2 Å². The summed E-state index contributed by atoms with van der Waals surface area (Å²) in [7, 11) is 3.04. The van der Waals surface area contributed by atoms with Gasteiger partial charge in [-0.1, -0.05) is 114 Å². The topological polar surface area (TPSA) is 166 Å². The molecule has 15 heteroatoms. The van der Waals surface area contributed by atoms with E-state index in [0.717, 1.165) is 15.2 Å². The van der Waals surface area contributed by atoms with Crippen molar-refractivity contribution in [3.05, 3.63) is 185 Å². The maximum Gasteiger partial charge on any atom is 0.421 e. The normalized spacial score (nSPS) is 21.4. The molecular weight excluding hydrogens is 909 g/mol. The number of carbonyl (C=O) groups is 4. The van der Waals surface area contributed by atoms with E-state index in [1.165, 1.54) is 18.4 Å². The molecule has 0 bridgehead atoms. The first-order valence-corrected chi connectivity index (χ1v) is 23.5. The molecule has 6 aromatic carbocycles. The second-order valence-electron chi connectivity index (χ2n) is 16.8. The third-order valence-corrected chi connectivity index (χ3v) is 13.9. The summed E-state index contributed by atoms with van der Waals surface area (Å²) in [6.07, 6.45) is -1.98. The van der Waals surface area contributed by atoms with Gasteiger partial charge >= 0.3 is 12.1 Å². The van der Waals surface area contributed by atoms with E-state index in [9.17, 15) is 9.90 Å². The third kappa shape index (κ3) is 8.10. The molecule has 7 aromatic rings. The minimum absolute atomic E-state index is 0.0401. The van der Waals surface area contributed by atoms with Crippen LogP contribution >= 0.6 is 11.3 Å². The number of para-hydroxylation sites is 2. The number of thiazole rings is 1. The number of aromatic nitrogens is 1. The van der Waals surface area contributed by atoms with Gasteiger partial charge in [0.2, 0.25) is 11.8 Å². The molecule has 0 radical (unpaired) electrons. The molecule has 14 nitrogen and oxygen atoms in total. The van der Waals surface area contributed by atoms with Gasteiger partial charge < -0.3 is 34.1 Å². The van der Waals surface area contributed by atoms with E-state index in [-0.39, 0.29) is 48.6 Å². The Kier molecular flexibility index (Phi) is 12.9. The van der Waals surface area contributed by atoms with Crippen LogP contribution in [-0.2, 0) is 34.0 Å². The van der Waals surface area contributed by atoms with Crippen molar-refractivity contribution in [2.45, 2.75) is 29.6 Å². The predicted octanol–water partition coefficient (Wildman–Crippen LogP) is 8.16. The molecule has 2 N–H and O–H groups in total. The van der Waals surface area contributed by atoms with Crippen molar-refractivity contribution in [2.24, 2.45) is 5.92 Å². The number of fused-ring (bicyclic) bond motifs is 4. The molecule has 70 heavy (non-hydrogen) atoms. The number of amides is 3. The highest BCUT2D eigenvalue weighted by Gasteiger charge is 2.76. The van der Waals surface area contributed by atoms with Gasteiger partial charge in [0.15, 0.2) is 5.13 Å². The molecule has 10 rings (SSSR count). The van der Waals surface area contributed by atoms with E-state index in [1.54, 1.807) is 61.7 Å². The van der Waals surface area contributed by atoms with E-state index < -0.39 is 59.4 Å². The van der Waals surface area contributed by atoms with Gasteiger partial charge in [0.25, 0.3) is 0 Å². The summed E-state index contributed by atoms with van der Waals surface area (Å²) in [4.78, 5) is 70.3. The number of carbonyl (C=O) groups excluding carboxylic acids is 4. The van der Waals surface area contributed by atoms with Crippen LogP contribution < -0.4 is 19.7 Å². The number of benzene rings is 6. The average molecular weight is 955 g/mol. The van der Waals surface area contributed by atoms with Gasteiger partial charge in [-0.05, 0) is 77.4 Å². The van der Waals surface area contributed by atoms with Crippen LogP contribution in [0.3, 0.4) is 0 Å². The van der Waals surface area contributed by atoms with Gasteiger partial charge in [-0.2, -0.15) is 0 Å². The first-order valence-electron chi connectivity index (χ1n) is 22.6. The number of aliphatic hydroxyl groups excluding tert-OH is 1. The monoisotopic (exact) mass is 954 g/mol. The molecule has 6 atom stereocenters. The number of aliphatic hydroxyl groups is 1. The van der Waals surface area contributed by atoms with E-state index in [0.29, 0.717) is 33.5 Å². The van der Waals surface area contributed by atoms with Crippen molar-refractivity contribution in [1.29, 1.82) is 0 Å². The predicted molar refractivity (Wildman–Crippen MR) is 261 cm³/mol. The molecule has 2 saturated heterocycles. The summed E-state index contributed by atoms with van der Waals surface area (Å²) in [6.45, 7) is -0.603. The van der Waals surface area contributed by atoms with Gasteiger partial charge in [-0.25, -0.2) is 14.7 Å². The quantitative estimate of drug-likeness (QED) is 0.0687. The van der Waals surface area contributed by atoms with Crippen LogP contribution in [0.4, 0.5) is 15.6 Å². The SMILES string of the molecule is COCCOC(=O)N1C(=O)[C@@]2(c3cc(C#Cc4ccc(OC)cc4)ccc31)[C@H](c1ccccc1OCCO)N1[C@H](c3ccccc3)[C@H](c3ccccc3)OC(=O)[C@H]1[C@@H]2C(=O)Nc1nc2ccccc2s1. The van der Waals surface area contributed by atoms with Crippen LogP contribution in [0.15, 0.2) is 152 Å². The summed E-state index contributed by atoms with van der Waals surface area (Å²) in [5, 5.41) is 13.4. The Bertz CT molecular complexity index is 3120. The number of nitrogens with zero attached hydrogens (tertiary/aromatic N) is 3. The fraction of sp³-hybridized carbons (Fsp3) is 0.218. The molecule has 3 aliphatic rings. The molecule has 352 valence electrons. The van der Waals surface area contributed by atoms with E-state index in [4.69, 9.17) is 28.7 Å². The zero-order valence-electron chi connectivity index (χ0n) is 38.0. The molecule has 4 heterocycles. The number of ether oxygens (including phenoxy) is 5. The van der Waals surface area contributed by atoms with Crippen LogP contribution in [-0.4, -0.2) is 85.6 Å².